The molecule has 0 spiro atoms. The molecular formula is C15H23ClN2O. The Morgan fingerprint density at radius 2 is 1.89 bits per heavy atom. The Hall–Kier alpha value is -1.06. The van der Waals surface area contributed by atoms with Crippen LogP contribution in [0, 0.1) is 12.8 Å². The monoisotopic (exact) mass is 282 g/mol. The van der Waals surface area contributed by atoms with Crippen molar-refractivity contribution in [2.45, 2.75) is 45.1 Å². The molecule has 1 aromatic rings. The summed E-state index contributed by atoms with van der Waals surface area (Å²) in [5.41, 5.74) is 8.13. The third-order valence-corrected chi connectivity index (χ3v) is 3.75. The fraction of sp³-hybridized carbons (Fsp3) is 0.533. The largest absolute Gasteiger partial charge is 0.327 e. The first-order valence-electron chi connectivity index (χ1n) is 6.77. The summed E-state index contributed by atoms with van der Waals surface area (Å²) in [7, 11) is 0. The fourth-order valence-corrected chi connectivity index (χ4v) is 2.58. The number of hydrogen-bond acceptors (Lipinski definition) is 2. The topological polar surface area (TPSA) is 55.1 Å². The molecule has 0 aromatic heterocycles. The number of nitrogens with two attached hydrogens (primary N) is 1. The highest BCUT2D eigenvalue weighted by Crippen LogP contribution is 2.26. The zero-order chi connectivity index (χ0) is 13.0. The summed E-state index contributed by atoms with van der Waals surface area (Å²) in [6.07, 6.45) is 5.10. The molecule has 1 aliphatic rings. The Morgan fingerprint density at radius 3 is 2.53 bits per heavy atom. The number of carbonyl (C=O) groups is 1. The Morgan fingerprint density at radius 1 is 1.26 bits per heavy atom. The van der Waals surface area contributed by atoms with Crippen molar-refractivity contribution in [3.05, 3.63) is 29.8 Å². The maximum atomic E-state index is 11.9. The van der Waals surface area contributed by atoms with Crippen molar-refractivity contribution in [1.29, 1.82) is 0 Å². The zero-order valence-electron chi connectivity index (χ0n) is 11.4. The van der Waals surface area contributed by atoms with Gasteiger partial charge in [0.1, 0.15) is 0 Å². The van der Waals surface area contributed by atoms with Gasteiger partial charge in [0, 0.05) is 18.2 Å². The molecule has 3 N–H and O–H groups in total. The summed E-state index contributed by atoms with van der Waals surface area (Å²) < 4.78 is 0. The summed E-state index contributed by atoms with van der Waals surface area (Å²) in [4.78, 5) is 11.9. The molecule has 2 atom stereocenters. The number of aryl methyl sites for hydroxylation is 1. The minimum absolute atomic E-state index is 0. The molecule has 1 amide bonds. The minimum Gasteiger partial charge on any atom is -0.327 e. The van der Waals surface area contributed by atoms with E-state index in [-0.39, 0.29) is 24.4 Å². The summed E-state index contributed by atoms with van der Waals surface area (Å²) in [5.74, 6) is 0.436. The first kappa shape index (κ1) is 16.0. The van der Waals surface area contributed by atoms with Crippen LogP contribution in [0.5, 0.6) is 0 Å². The highest BCUT2D eigenvalue weighted by Gasteiger charge is 2.24. The Bertz CT molecular complexity index is 405. The lowest BCUT2D eigenvalue weighted by molar-refractivity contribution is -0.117. The first-order chi connectivity index (χ1) is 8.65. The van der Waals surface area contributed by atoms with Crippen LogP contribution >= 0.6 is 12.4 Å². The molecule has 2 rings (SSSR count). The maximum absolute atomic E-state index is 11.9. The number of carbonyl (C=O) groups excluding carboxylic acids is 1. The lowest BCUT2D eigenvalue weighted by atomic mass is 9.83. The van der Waals surface area contributed by atoms with Crippen LogP contribution in [0.25, 0.3) is 0 Å². The molecule has 19 heavy (non-hydrogen) atoms. The van der Waals surface area contributed by atoms with Gasteiger partial charge in [0.15, 0.2) is 0 Å². The van der Waals surface area contributed by atoms with Gasteiger partial charge < -0.3 is 11.1 Å². The minimum atomic E-state index is 0. The number of nitrogens with one attached hydrogen (secondary N) is 1. The van der Waals surface area contributed by atoms with Gasteiger partial charge in [0.05, 0.1) is 0 Å². The van der Waals surface area contributed by atoms with Crippen LogP contribution in [0.1, 0.15) is 37.7 Å². The van der Waals surface area contributed by atoms with Crippen LogP contribution in [0.3, 0.4) is 0 Å². The van der Waals surface area contributed by atoms with Gasteiger partial charge in [-0.1, -0.05) is 30.5 Å². The summed E-state index contributed by atoms with van der Waals surface area (Å²) in [6.45, 7) is 2.03. The van der Waals surface area contributed by atoms with Crippen LogP contribution in [0.15, 0.2) is 24.3 Å². The number of benzene rings is 1. The Kier molecular flexibility index (Phi) is 6.32. The van der Waals surface area contributed by atoms with E-state index in [9.17, 15) is 4.79 Å². The van der Waals surface area contributed by atoms with Gasteiger partial charge in [0.25, 0.3) is 0 Å². The average Bonchev–Trinajstić information content (AvgIpc) is 2.35. The molecule has 0 saturated heterocycles. The van der Waals surface area contributed by atoms with Crippen LogP contribution in [0.2, 0.25) is 0 Å². The molecule has 4 heteroatoms. The second-order valence-electron chi connectivity index (χ2n) is 5.33. The van der Waals surface area contributed by atoms with Gasteiger partial charge in [-0.3, -0.25) is 4.79 Å². The fourth-order valence-electron chi connectivity index (χ4n) is 2.58. The Labute approximate surface area is 121 Å². The van der Waals surface area contributed by atoms with E-state index in [2.05, 4.69) is 5.32 Å². The average molecular weight is 283 g/mol. The van der Waals surface area contributed by atoms with Crippen molar-refractivity contribution in [3.8, 4) is 0 Å². The number of amides is 1. The van der Waals surface area contributed by atoms with E-state index in [1.807, 2.05) is 31.2 Å². The van der Waals surface area contributed by atoms with E-state index in [1.54, 1.807) is 0 Å². The predicted octanol–water partition coefficient (Wildman–Crippen LogP) is 3.26. The quantitative estimate of drug-likeness (QED) is 0.894. The van der Waals surface area contributed by atoms with Gasteiger partial charge >= 0.3 is 0 Å². The van der Waals surface area contributed by atoms with Gasteiger partial charge in [-0.2, -0.15) is 0 Å². The van der Waals surface area contributed by atoms with Crippen molar-refractivity contribution >= 4 is 24.0 Å². The van der Waals surface area contributed by atoms with E-state index in [1.165, 1.54) is 18.4 Å². The molecule has 1 aromatic carbocycles. The van der Waals surface area contributed by atoms with Gasteiger partial charge in [0.2, 0.25) is 5.91 Å². The zero-order valence-corrected chi connectivity index (χ0v) is 12.2. The smallest absolute Gasteiger partial charge is 0.224 e. The Balaban J connectivity index is 0.00000180. The molecular weight excluding hydrogens is 260 g/mol. The molecule has 0 bridgehead atoms. The number of anilines is 1. The molecule has 1 saturated carbocycles. The van der Waals surface area contributed by atoms with Crippen molar-refractivity contribution < 1.29 is 4.79 Å². The van der Waals surface area contributed by atoms with Gasteiger partial charge in [-0.25, -0.2) is 0 Å². The molecule has 0 aliphatic heterocycles. The summed E-state index contributed by atoms with van der Waals surface area (Å²) in [5, 5.41) is 2.94. The lowest BCUT2D eigenvalue weighted by Gasteiger charge is -2.27. The normalized spacial score (nSPS) is 22.4. The number of halogens is 1. The third kappa shape index (κ3) is 4.84. The summed E-state index contributed by atoms with van der Waals surface area (Å²) >= 11 is 0. The van der Waals surface area contributed by atoms with Crippen molar-refractivity contribution in [3.63, 3.8) is 0 Å². The SMILES string of the molecule is Cc1ccc(NC(=O)CC2CCCCC2N)cc1.Cl. The summed E-state index contributed by atoms with van der Waals surface area (Å²) in [6, 6.07) is 8.08. The highest BCUT2D eigenvalue weighted by molar-refractivity contribution is 5.90. The number of rotatable bonds is 3. The van der Waals surface area contributed by atoms with Crippen molar-refractivity contribution in [2.24, 2.45) is 11.7 Å². The third-order valence-electron chi connectivity index (χ3n) is 3.75. The molecule has 0 radical (unpaired) electrons. The van der Waals surface area contributed by atoms with Crippen LogP contribution in [-0.4, -0.2) is 11.9 Å². The van der Waals surface area contributed by atoms with Crippen LogP contribution < -0.4 is 11.1 Å². The van der Waals surface area contributed by atoms with Crippen LogP contribution in [0.4, 0.5) is 5.69 Å². The van der Waals surface area contributed by atoms with Crippen molar-refractivity contribution in [1.82, 2.24) is 0 Å². The van der Waals surface area contributed by atoms with Gasteiger partial charge in [-0.15, -0.1) is 12.4 Å². The molecule has 1 fully saturated rings. The molecule has 2 unspecified atom stereocenters. The first-order valence-corrected chi connectivity index (χ1v) is 6.77. The molecule has 106 valence electrons. The second kappa shape index (κ2) is 7.51. The van der Waals surface area contributed by atoms with E-state index >= 15 is 0 Å². The van der Waals surface area contributed by atoms with E-state index < -0.39 is 0 Å². The maximum Gasteiger partial charge on any atom is 0.224 e. The van der Waals surface area contributed by atoms with E-state index in [0.29, 0.717) is 12.3 Å². The van der Waals surface area contributed by atoms with Crippen LogP contribution in [-0.2, 0) is 4.79 Å². The standard InChI is InChI=1S/C15H22N2O.ClH/c1-11-6-8-13(9-7-11)17-15(18)10-12-4-2-3-5-14(12)16;/h6-9,12,14H,2-5,10,16H2,1H3,(H,17,18);1H. The molecule has 0 heterocycles. The van der Waals surface area contributed by atoms with E-state index in [0.717, 1.165) is 18.5 Å². The molecule has 3 nitrogen and oxygen atoms in total. The number of hydrogen-bond donors (Lipinski definition) is 2. The second-order valence-corrected chi connectivity index (χ2v) is 5.33. The van der Waals surface area contributed by atoms with E-state index in [4.69, 9.17) is 5.73 Å². The van der Waals surface area contributed by atoms with Crippen molar-refractivity contribution in [2.75, 3.05) is 5.32 Å². The highest BCUT2D eigenvalue weighted by atomic mass is 35.5. The van der Waals surface area contributed by atoms with Gasteiger partial charge in [-0.05, 0) is 37.8 Å². The lowest BCUT2D eigenvalue weighted by Crippen LogP contribution is -2.35. The molecule has 1 aliphatic carbocycles. The predicted molar refractivity (Wildman–Crippen MR) is 81.6 cm³/mol.